The zero-order valence-electron chi connectivity index (χ0n) is 9.39. The van der Waals surface area contributed by atoms with Crippen LogP contribution in [0.15, 0.2) is 0 Å². The van der Waals surface area contributed by atoms with E-state index in [1.54, 1.807) is 0 Å². The Bertz CT molecular complexity index is 272. The van der Waals surface area contributed by atoms with Crippen LogP contribution in [0.25, 0.3) is 0 Å². The summed E-state index contributed by atoms with van der Waals surface area (Å²) in [5.41, 5.74) is 0. The third kappa shape index (κ3) is 1.96. The molecule has 0 spiro atoms. The van der Waals surface area contributed by atoms with Gasteiger partial charge in [-0.1, -0.05) is 0 Å². The molecule has 0 amide bonds. The van der Waals surface area contributed by atoms with Crippen LogP contribution in [0, 0.1) is 5.92 Å². The number of rotatable bonds is 2. The van der Waals surface area contributed by atoms with E-state index in [4.69, 9.17) is 14.2 Å². The van der Waals surface area contributed by atoms with Crippen molar-refractivity contribution in [3.8, 4) is 0 Å². The van der Waals surface area contributed by atoms with Crippen molar-refractivity contribution in [1.29, 1.82) is 0 Å². The van der Waals surface area contributed by atoms with Crippen LogP contribution < -0.4 is 0 Å². The van der Waals surface area contributed by atoms with E-state index in [1.807, 2.05) is 0 Å². The average molecular weight is 226 g/mol. The van der Waals surface area contributed by atoms with Gasteiger partial charge in [0.2, 0.25) is 0 Å². The Morgan fingerprint density at radius 3 is 2.94 bits per heavy atom. The van der Waals surface area contributed by atoms with Crippen LogP contribution in [-0.2, 0) is 19.0 Å². The summed E-state index contributed by atoms with van der Waals surface area (Å²) >= 11 is 0. The van der Waals surface area contributed by atoms with E-state index in [0.29, 0.717) is 0 Å². The largest absolute Gasteiger partial charge is 0.459 e. The lowest BCUT2D eigenvalue weighted by atomic mass is 9.88. The molecule has 2 heterocycles. The maximum absolute atomic E-state index is 11.4. The van der Waals surface area contributed by atoms with Crippen LogP contribution in [0.4, 0.5) is 0 Å². The Morgan fingerprint density at radius 2 is 2.12 bits per heavy atom. The van der Waals surface area contributed by atoms with Crippen molar-refractivity contribution in [2.24, 2.45) is 5.92 Å². The summed E-state index contributed by atoms with van der Waals surface area (Å²) < 4.78 is 16.8. The highest BCUT2D eigenvalue weighted by Crippen LogP contribution is 2.36. The maximum Gasteiger partial charge on any atom is 0.309 e. The van der Waals surface area contributed by atoms with Crippen LogP contribution in [0.1, 0.15) is 38.5 Å². The highest BCUT2D eigenvalue weighted by molar-refractivity contribution is 5.75. The van der Waals surface area contributed by atoms with E-state index >= 15 is 0 Å². The van der Waals surface area contributed by atoms with Gasteiger partial charge in [-0.3, -0.25) is 4.79 Å². The number of ether oxygens (including phenoxy) is 3. The fourth-order valence-corrected chi connectivity index (χ4v) is 2.85. The van der Waals surface area contributed by atoms with Crippen molar-refractivity contribution in [3.63, 3.8) is 0 Å². The van der Waals surface area contributed by atoms with E-state index in [0.717, 1.165) is 38.7 Å². The Kier molecular flexibility index (Phi) is 2.86. The van der Waals surface area contributed by atoms with Gasteiger partial charge in [-0.15, -0.1) is 0 Å². The summed E-state index contributed by atoms with van der Waals surface area (Å²) in [5, 5.41) is 0. The third-order valence-corrected chi connectivity index (χ3v) is 3.80. The molecule has 0 aromatic heterocycles. The molecule has 4 heteroatoms. The van der Waals surface area contributed by atoms with Gasteiger partial charge < -0.3 is 14.2 Å². The first-order valence-electron chi connectivity index (χ1n) is 6.30. The van der Waals surface area contributed by atoms with E-state index in [9.17, 15) is 4.79 Å². The van der Waals surface area contributed by atoms with Crippen molar-refractivity contribution in [2.45, 2.75) is 57.0 Å². The maximum atomic E-state index is 11.4. The normalized spacial score (nSPS) is 43.1. The second-order valence-corrected chi connectivity index (χ2v) is 4.96. The van der Waals surface area contributed by atoms with Gasteiger partial charge in [0.05, 0.1) is 12.0 Å². The molecule has 2 bridgehead atoms. The van der Waals surface area contributed by atoms with Crippen LogP contribution in [-0.4, -0.2) is 31.1 Å². The molecule has 1 saturated carbocycles. The summed E-state index contributed by atoms with van der Waals surface area (Å²) in [4.78, 5) is 11.4. The number of fused-ring (bicyclic) bond motifs is 2. The van der Waals surface area contributed by atoms with E-state index in [-0.39, 0.29) is 30.4 Å². The minimum Gasteiger partial charge on any atom is -0.459 e. The van der Waals surface area contributed by atoms with Crippen molar-refractivity contribution in [2.75, 3.05) is 6.61 Å². The predicted octanol–water partition coefficient (Wildman–Crippen LogP) is 1.62. The highest BCUT2D eigenvalue weighted by atomic mass is 16.7. The fourth-order valence-electron chi connectivity index (χ4n) is 2.85. The topological polar surface area (TPSA) is 44.8 Å². The zero-order chi connectivity index (χ0) is 11.0. The van der Waals surface area contributed by atoms with Gasteiger partial charge in [-0.05, 0) is 32.1 Å². The molecule has 0 N–H and O–H groups in total. The third-order valence-electron chi connectivity index (χ3n) is 3.80. The van der Waals surface area contributed by atoms with Crippen LogP contribution in [0.3, 0.4) is 0 Å². The monoisotopic (exact) mass is 226 g/mol. The quantitative estimate of drug-likeness (QED) is 0.671. The van der Waals surface area contributed by atoms with Crippen molar-refractivity contribution in [3.05, 3.63) is 0 Å². The minimum absolute atomic E-state index is 0.0169. The van der Waals surface area contributed by atoms with Crippen LogP contribution in [0.2, 0.25) is 0 Å². The van der Waals surface area contributed by atoms with Crippen molar-refractivity contribution < 1.29 is 19.0 Å². The van der Waals surface area contributed by atoms with Crippen molar-refractivity contribution >= 4 is 5.97 Å². The molecule has 0 aromatic carbocycles. The second kappa shape index (κ2) is 4.34. The summed E-state index contributed by atoms with van der Waals surface area (Å²) in [5.74, 6) is 0.109. The molecule has 3 rings (SSSR count). The van der Waals surface area contributed by atoms with E-state index in [1.165, 1.54) is 6.42 Å². The standard InChI is InChI=1S/C12H18O4/c13-12-8-4-5-9(10(7-8)16-12)15-11-3-1-2-6-14-11/h8-11H,1-7H2/t8-,9-,10-,11-/m1/s1. The van der Waals surface area contributed by atoms with Crippen molar-refractivity contribution in [1.82, 2.24) is 0 Å². The SMILES string of the molecule is O=C1O[C@@H]2C[C@H]1CC[C@H]2O[C@@H]1CCCCO1. The van der Waals surface area contributed by atoms with E-state index in [2.05, 4.69) is 0 Å². The van der Waals surface area contributed by atoms with Gasteiger partial charge in [-0.25, -0.2) is 0 Å². The van der Waals surface area contributed by atoms with Gasteiger partial charge in [0.15, 0.2) is 6.29 Å². The number of hydrogen-bond donors (Lipinski definition) is 0. The zero-order valence-corrected chi connectivity index (χ0v) is 9.39. The first-order chi connectivity index (χ1) is 7.83. The lowest BCUT2D eigenvalue weighted by Crippen LogP contribution is -2.37. The molecular weight excluding hydrogens is 208 g/mol. The first kappa shape index (κ1) is 10.5. The Morgan fingerprint density at radius 1 is 1.19 bits per heavy atom. The molecule has 4 atom stereocenters. The molecule has 3 fully saturated rings. The summed E-state index contributed by atoms with van der Waals surface area (Å²) in [6.45, 7) is 0.796. The van der Waals surface area contributed by atoms with Gasteiger partial charge in [-0.2, -0.15) is 0 Å². The predicted molar refractivity (Wildman–Crippen MR) is 55.7 cm³/mol. The Hall–Kier alpha value is -0.610. The smallest absolute Gasteiger partial charge is 0.309 e. The molecule has 0 unspecified atom stereocenters. The molecular formula is C12H18O4. The fraction of sp³-hybridized carbons (Fsp3) is 0.917. The molecule has 3 aliphatic rings. The number of carbonyl (C=O) groups is 1. The van der Waals surface area contributed by atoms with Crippen LogP contribution >= 0.6 is 0 Å². The summed E-state index contributed by atoms with van der Waals surface area (Å²) in [7, 11) is 0. The van der Waals surface area contributed by atoms with Gasteiger partial charge in [0, 0.05) is 13.0 Å². The molecule has 0 aromatic rings. The lowest BCUT2D eigenvalue weighted by molar-refractivity contribution is -0.210. The number of carbonyl (C=O) groups excluding carboxylic acids is 1. The number of hydrogen-bond acceptors (Lipinski definition) is 4. The molecule has 90 valence electrons. The molecule has 4 nitrogen and oxygen atoms in total. The summed E-state index contributed by atoms with van der Waals surface area (Å²) in [6, 6.07) is 0. The molecule has 16 heavy (non-hydrogen) atoms. The first-order valence-corrected chi connectivity index (χ1v) is 6.30. The van der Waals surface area contributed by atoms with E-state index < -0.39 is 0 Å². The second-order valence-electron chi connectivity index (χ2n) is 4.96. The molecule has 2 aliphatic heterocycles. The lowest BCUT2D eigenvalue weighted by Gasteiger charge is -2.31. The Balaban J connectivity index is 1.57. The van der Waals surface area contributed by atoms with Gasteiger partial charge in [0.1, 0.15) is 6.10 Å². The number of esters is 1. The van der Waals surface area contributed by atoms with Gasteiger partial charge in [0.25, 0.3) is 0 Å². The molecule has 2 saturated heterocycles. The summed E-state index contributed by atoms with van der Waals surface area (Å²) in [6.07, 6.45) is 5.93. The van der Waals surface area contributed by atoms with Gasteiger partial charge >= 0.3 is 5.97 Å². The highest BCUT2D eigenvalue weighted by Gasteiger charge is 2.44. The molecule has 1 aliphatic carbocycles. The Labute approximate surface area is 95.2 Å². The minimum atomic E-state index is -0.0744. The average Bonchev–Trinajstić information content (AvgIpc) is 2.61. The molecule has 0 radical (unpaired) electrons. The van der Waals surface area contributed by atoms with Crippen LogP contribution in [0.5, 0.6) is 0 Å².